The van der Waals surface area contributed by atoms with E-state index in [-0.39, 0.29) is 32.0 Å². The predicted molar refractivity (Wildman–Crippen MR) is 292 cm³/mol. The summed E-state index contributed by atoms with van der Waals surface area (Å²) in [6.07, 6.45) is 58.8. The lowest BCUT2D eigenvalue weighted by Gasteiger charge is -2.28. The number of ether oxygens (including phenoxy) is 2. The Hall–Kier alpha value is -0.990. The number of hydrogen-bond donors (Lipinski definition) is 0. The van der Waals surface area contributed by atoms with Crippen molar-refractivity contribution < 1.29 is 42.1 Å². The van der Waals surface area contributed by atoms with Gasteiger partial charge in [0.25, 0.3) is 7.82 Å². The van der Waals surface area contributed by atoms with E-state index in [4.69, 9.17) is 18.5 Å². The van der Waals surface area contributed by atoms with Gasteiger partial charge in [-0.05, 0) is 12.8 Å². The lowest BCUT2D eigenvalue weighted by atomic mass is 10.0. The fourth-order valence-corrected chi connectivity index (χ4v) is 9.92. The van der Waals surface area contributed by atoms with E-state index >= 15 is 0 Å². The molecule has 0 aromatic heterocycles. The molecule has 0 N–H and O–H groups in total. The first-order chi connectivity index (χ1) is 33.5. The van der Waals surface area contributed by atoms with Gasteiger partial charge in [0.2, 0.25) is 0 Å². The van der Waals surface area contributed by atoms with Crippen molar-refractivity contribution in [3.63, 3.8) is 0 Å². The molecular formula is C59H118NO8P. The van der Waals surface area contributed by atoms with Crippen LogP contribution in [-0.2, 0) is 32.7 Å². The Morgan fingerprint density at radius 2 is 0.652 bits per heavy atom. The lowest BCUT2D eigenvalue weighted by molar-refractivity contribution is -0.870. The average molecular weight is 1000 g/mol. The van der Waals surface area contributed by atoms with E-state index < -0.39 is 26.5 Å². The van der Waals surface area contributed by atoms with Gasteiger partial charge in [0.05, 0.1) is 27.7 Å². The maximum absolute atomic E-state index is 12.8. The summed E-state index contributed by atoms with van der Waals surface area (Å²) in [6.45, 7) is 4.31. The van der Waals surface area contributed by atoms with E-state index in [1.165, 1.54) is 250 Å². The van der Waals surface area contributed by atoms with Crippen molar-refractivity contribution in [2.75, 3.05) is 47.5 Å². The first-order valence-corrected chi connectivity index (χ1v) is 31.7. The number of phosphoric acid groups is 1. The second-order valence-electron chi connectivity index (χ2n) is 22.1. The molecule has 0 fully saturated rings. The third kappa shape index (κ3) is 56.2. The van der Waals surface area contributed by atoms with E-state index in [0.29, 0.717) is 17.4 Å². The van der Waals surface area contributed by atoms with Gasteiger partial charge < -0.3 is 27.9 Å². The van der Waals surface area contributed by atoms with Gasteiger partial charge in [0.1, 0.15) is 19.8 Å². The Labute approximate surface area is 429 Å². The number of quaternary nitrogens is 1. The molecule has 0 radical (unpaired) electrons. The highest BCUT2D eigenvalue weighted by atomic mass is 31.2. The second-order valence-corrected chi connectivity index (χ2v) is 23.5. The van der Waals surface area contributed by atoms with Crippen LogP contribution >= 0.6 is 7.82 Å². The number of unbranched alkanes of at least 4 members (excludes halogenated alkanes) is 43. The van der Waals surface area contributed by atoms with Crippen molar-refractivity contribution in [3.05, 3.63) is 0 Å². The largest absolute Gasteiger partial charge is 0.756 e. The molecule has 0 aliphatic carbocycles. The van der Waals surface area contributed by atoms with Crippen molar-refractivity contribution >= 4 is 19.8 Å². The number of carbonyl (C=O) groups excluding carboxylic acids is 2. The van der Waals surface area contributed by atoms with Crippen LogP contribution in [0.15, 0.2) is 0 Å². The summed E-state index contributed by atoms with van der Waals surface area (Å²) in [5.74, 6) is -0.810. The number of likely N-dealkylation sites (N-methyl/N-ethyl adjacent to an activating group) is 1. The van der Waals surface area contributed by atoms with E-state index in [1.807, 2.05) is 21.1 Å². The summed E-state index contributed by atoms with van der Waals surface area (Å²) in [5.41, 5.74) is 0. The van der Waals surface area contributed by atoms with Gasteiger partial charge in [0.15, 0.2) is 6.10 Å². The van der Waals surface area contributed by atoms with Gasteiger partial charge in [-0.15, -0.1) is 0 Å². The normalized spacial score (nSPS) is 13.2. The van der Waals surface area contributed by atoms with E-state index in [9.17, 15) is 19.0 Å². The Balaban J connectivity index is 3.99. The summed E-state index contributed by atoms with van der Waals surface area (Å²) >= 11 is 0. The van der Waals surface area contributed by atoms with Gasteiger partial charge in [0, 0.05) is 12.8 Å². The Morgan fingerprint density at radius 1 is 0.391 bits per heavy atom. The molecule has 0 saturated heterocycles. The van der Waals surface area contributed by atoms with E-state index in [1.54, 1.807) is 0 Å². The molecule has 412 valence electrons. The van der Waals surface area contributed by atoms with Crippen LogP contribution in [0, 0.1) is 0 Å². The quantitative estimate of drug-likeness (QED) is 0.0256. The highest BCUT2D eigenvalue weighted by molar-refractivity contribution is 7.45. The fourth-order valence-electron chi connectivity index (χ4n) is 9.19. The number of nitrogens with zero attached hydrogens (tertiary/aromatic N) is 1. The van der Waals surface area contributed by atoms with E-state index in [2.05, 4.69) is 13.8 Å². The van der Waals surface area contributed by atoms with Gasteiger partial charge in [-0.25, -0.2) is 0 Å². The number of phosphoric ester groups is 1. The maximum Gasteiger partial charge on any atom is 0.306 e. The van der Waals surface area contributed by atoms with Crippen LogP contribution < -0.4 is 4.89 Å². The molecule has 0 aromatic carbocycles. The van der Waals surface area contributed by atoms with Gasteiger partial charge in [-0.2, -0.15) is 0 Å². The number of hydrogen-bond acceptors (Lipinski definition) is 8. The van der Waals surface area contributed by atoms with Crippen molar-refractivity contribution in [1.29, 1.82) is 0 Å². The minimum Gasteiger partial charge on any atom is -0.756 e. The fraction of sp³-hybridized carbons (Fsp3) is 0.966. The third-order valence-electron chi connectivity index (χ3n) is 13.9. The smallest absolute Gasteiger partial charge is 0.306 e. The molecule has 69 heavy (non-hydrogen) atoms. The zero-order chi connectivity index (χ0) is 50.6. The first-order valence-electron chi connectivity index (χ1n) is 30.2. The Kier molecular flexibility index (Phi) is 51.1. The predicted octanol–water partition coefficient (Wildman–Crippen LogP) is 18.0. The zero-order valence-electron chi connectivity index (χ0n) is 46.8. The van der Waals surface area contributed by atoms with Crippen molar-refractivity contribution in [1.82, 2.24) is 0 Å². The van der Waals surface area contributed by atoms with Gasteiger partial charge >= 0.3 is 11.9 Å². The van der Waals surface area contributed by atoms with Crippen LogP contribution in [0.5, 0.6) is 0 Å². The van der Waals surface area contributed by atoms with Crippen LogP contribution in [0.2, 0.25) is 0 Å². The third-order valence-corrected chi connectivity index (χ3v) is 14.8. The lowest BCUT2D eigenvalue weighted by Crippen LogP contribution is -2.37. The van der Waals surface area contributed by atoms with Crippen molar-refractivity contribution in [2.24, 2.45) is 0 Å². The van der Waals surface area contributed by atoms with Crippen molar-refractivity contribution in [2.45, 2.75) is 322 Å². The van der Waals surface area contributed by atoms with Crippen LogP contribution in [-0.4, -0.2) is 70.0 Å². The molecule has 0 rings (SSSR count). The van der Waals surface area contributed by atoms with Crippen LogP contribution in [0.1, 0.15) is 316 Å². The molecule has 2 unspecified atom stereocenters. The minimum atomic E-state index is -4.63. The highest BCUT2D eigenvalue weighted by Crippen LogP contribution is 2.38. The molecule has 9 nitrogen and oxygen atoms in total. The number of rotatable bonds is 57. The molecule has 0 amide bonds. The Bertz CT molecular complexity index is 1130. The van der Waals surface area contributed by atoms with Crippen LogP contribution in [0.25, 0.3) is 0 Å². The highest BCUT2D eigenvalue weighted by Gasteiger charge is 2.22. The molecule has 0 aliphatic rings. The molecule has 0 bridgehead atoms. The average Bonchev–Trinajstić information content (AvgIpc) is 3.31. The minimum absolute atomic E-state index is 0.0251. The van der Waals surface area contributed by atoms with Gasteiger partial charge in [-0.1, -0.05) is 290 Å². The second kappa shape index (κ2) is 51.9. The topological polar surface area (TPSA) is 111 Å². The summed E-state index contributed by atoms with van der Waals surface area (Å²) in [6, 6.07) is 0. The summed E-state index contributed by atoms with van der Waals surface area (Å²) in [5, 5.41) is 0. The van der Waals surface area contributed by atoms with Gasteiger partial charge in [-0.3, -0.25) is 14.2 Å². The molecule has 2 atom stereocenters. The summed E-state index contributed by atoms with van der Waals surface area (Å²) in [4.78, 5) is 37.8. The molecule has 0 saturated carbocycles. The molecule has 0 aromatic rings. The Morgan fingerprint density at radius 3 is 0.928 bits per heavy atom. The van der Waals surface area contributed by atoms with Crippen LogP contribution in [0.3, 0.4) is 0 Å². The molecule has 10 heteroatoms. The molecular weight excluding hydrogens is 882 g/mol. The van der Waals surface area contributed by atoms with Crippen molar-refractivity contribution in [3.8, 4) is 0 Å². The summed E-state index contributed by atoms with van der Waals surface area (Å²) in [7, 11) is 1.19. The number of esters is 2. The molecule has 0 aliphatic heterocycles. The summed E-state index contributed by atoms with van der Waals surface area (Å²) < 4.78 is 34.2. The monoisotopic (exact) mass is 1000 g/mol. The van der Waals surface area contributed by atoms with E-state index in [0.717, 1.165) is 32.1 Å². The maximum atomic E-state index is 12.8. The van der Waals surface area contributed by atoms with Crippen LogP contribution in [0.4, 0.5) is 0 Å². The first kappa shape index (κ1) is 68.0. The standard InChI is InChI=1S/C59H118NO8P/c1-6-8-10-12-14-16-18-20-22-23-24-25-26-27-28-29-30-31-32-33-34-35-36-38-40-42-44-46-48-50-52-59(62)68-57(56-67-69(63,64)66-54-53-60(3,4)5)55-65-58(61)51-49-47-45-43-41-39-37-21-19-17-15-13-11-9-7-2/h57H,6-56H2,1-5H3. The number of carbonyl (C=O) groups is 2. The molecule has 0 heterocycles. The molecule has 0 spiro atoms. The SMILES string of the molecule is CCCCCCCCCCCCCCCCCCCCCCCCCCCCCCCCC(=O)OC(COC(=O)CCCCCCCCCCCCCCCCC)COP(=O)([O-])OCC[N+](C)(C)C. The zero-order valence-corrected chi connectivity index (χ0v) is 47.7.